The first-order chi connectivity index (χ1) is 12.7. The summed E-state index contributed by atoms with van der Waals surface area (Å²) >= 11 is 3.52. The monoisotopic (exact) mass is 385 g/mol. The molecule has 2 N–H and O–H groups in total. The van der Waals surface area contributed by atoms with Gasteiger partial charge in [-0.15, -0.1) is 11.3 Å². The first kappa shape index (κ1) is 16.6. The molecule has 2 saturated carbocycles. The lowest BCUT2D eigenvalue weighted by molar-refractivity contribution is 0.515. The Labute approximate surface area is 161 Å². The molecule has 0 amide bonds. The van der Waals surface area contributed by atoms with Crippen molar-refractivity contribution in [1.82, 2.24) is 20.2 Å². The molecule has 3 aromatic rings. The fourth-order valence-corrected chi connectivity index (χ4v) is 5.52. The minimum absolute atomic E-state index is 0.291. The van der Waals surface area contributed by atoms with Gasteiger partial charge in [-0.05, 0) is 37.1 Å². The van der Waals surface area contributed by atoms with Gasteiger partial charge in [0, 0.05) is 22.4 Å². The Hall–Kier alpha value is -1.60. The summed E-state index contributed by atoms with van der Waals surface area (Å²) in [5.74, 6) is 1.72. The molecular formula is C19H23N5S2. The van der Waals surface area contributed by atoms with Gasteiger partial charge in [-0.2, -0.15) is 5.10 Å². The van der Waals surface area contributed by atoms with E-state index in [2.05, 4.69) is 40.0 Å². The zero-order valence-electron chi connectivity index (χ0n) is 14.9. The number of hydrogen-bond acceptors (Lipinski definition) is 6. The van der Waals surface area contributed by atoms with E-state index >= 15 is 0 Å². The fourth-order valence-electron chi connectivity index (χ4n) is 3.58. The van der Waals surface area contributed by atoms with E-state index in [-0.39, 0.29) is 0 Å². The summed E-state index contributed by atoms with van der Waals surface area (Å²) in [5.41, 5.74) is 2.53. The molecule has 0 aromatic carbocycles. The second-order valence-electron chi connectivity index (χ2n) is 7.72. The van der Waals surface area contributed by atoms with Gasteiger partial charge in [0.05, 0.1) is 10.2 Å². The van der Waals surface area contributed by atoms with Crippen LogP contribution in [-0.4, -0.2) is 25.4 Å². The van der Waals surface area contributed by atoms with Crippen LogP contribution in [0.4, 0.5) is 11.6 Å². The molecule has 0 saturated heterocycles. The van der Waals surface area contributed by atoms with E-state index in [9.17, 15) is 0 Å². The van der Waals surface area contributed by atoms with Crippen LogP contribution in [0.25, 0.3) is 10.2 Å². The third-order valence-corrected chi connectivity index (χ3v) is 7.69. The smallest absolute Gasteiger partial charge is 0.190 e. The van der Waals surface area contributed by atoms with E-state index in [1.807, 2.05) is 11.8 Å². The summed E-state index contributed by atoms with van der Waals surface area (Å²) in [6, 6.07) is 4.21. The highest BCUT2D eigenvalue weighted by Gasteiger charge is 2.40. The number of H-pyrrole nitrogens is 1. The first-order valence-corrected chi connectivity index (χ1v) is 11.2. The van der Waals surface area contributed by atoms with Crippen molar-refractivity contribution in [2.24, 2.45) is 0 Å². The van der Waals surface area contributed by atoms with Gasteiger partial charge in [0.25, 0.3) is 0 Å². The van der Waals surface area contributed by atoms with Crippen LogP contribution in [0.1, 0.15) is 57.6 Å². The van der Waals surface area contributed by atoms with E-state index in [0.29, 0.717) is 10.7 Å². The molecule has 2 fully saturated rings. The largest absolute Gasteiger partial charge is 0.322 e. The number of nitrogens with one attached hydrogen (secondary N) is 2. The maximum absolute atomic E-state index is 4.85. The molecule has 0 radical (unpaired) electrons. The summed E-state index contributed by atoms with van der Waals surface area (Å²) in [4.78, 5) is 9.63. The van der Waals surface area contributed by atoms with Crippen LogP contribution in [-0.2, 0) is 5.41 Å². The number of hydrogen-bond donors (Lipinski definition) is 2. The fraction of sp³-hybridized carbons (Fsp3) is 0.526. The van der Waals surface area contributed by atoms with Crippen molar-refractivity contribution in [1.29, 1.82) is 0 Å². The van der Waals surface area contributed by atoms with Crippen LogP contribution in [0.5, 0.6) is 0 Å². The molecule has 3 heterocycles. The van der Waals surface area contributed by atoms with Gasteiger partial charge >= 0.3 is 0 Å². The van der Waals surface area contributed by atoms with Crippen molar-refractivity contribution < 1.29 is 0 Å². The van der Waals surface area contributed by atoms with Crippen LogP contribution in [0.15, 0.2) is 22.7 Å². The van der Waals surface area contributed by atoms with Crippen LogP contribution in [0.3, 0.4) is 0 Å². The Bertz CT molecular complexity index is 921. The molecule has 0 atom stereocenters. The lowest BCUT2D eigenvalue weighted by Gasteiger charge is -2.20. The number of nitrogens with zero attached hydrogens (tertiary/aromatic N) is 3. The number of thiophene rings is 1. The van der Waals surface area contributed by atoms with Crippen molar-refractivity contribution in [3.8, 4) is 0 Å². The number of aromatic nitrogens is 4. The quantitative estimate of drug-likeness (QED) is 0.557. The Morgan fingerprint density at radius 3 is 2.88 bits per heavy atom. The predicted octanol–water partition coefficient (Wildman–Crippen LogP) is 5.63. The Kier molecular flexibility index (Phi) is 4.16. The van der Waals surface area contributed by atoms with E-state index in [1.54, 1.807) is 11.3 Å². The summed E-state index contributed by atoms with van der Waals surface area (Å²) < 4.78 is 1.10. The Balaban J connectivity index is 1.42. The first-order valence-electron chi connectivity index (χ1n) is 9.44. The van der Waals surface area contributed by atoms with Gasteiger partial charge in [0.1, 0.15) is 0 Å². The van der Waals surface area contributed by atoms with Gasteiger partial charge in [-0.3, -0.25) is 5.10 Å². The summed E-state index contributed by atoms with van der Waals surface area (Å²) in [6.07, 6.45) is 9.06. The number of aromatic amines is 1. The SMILES string of the molecule is CC1(c2cc(Nc3nc(SC4CCCCC4)nc4ccsc34)n[nH]2)CC1. The van der Waals surface area contributed by atoms with Crippen molar-refractivity contribution in [3.05, 3.63) is 23.2 Å². The summed E-state index contributed by atoms with van der Waals surface area (Å²) in [7, 11) is 0. The predicted molar refractivity (Wildman–Crippen MR) is 109 cm³/mol. The maximum Gasteiger partial charge on any atom is 0.190 e. The molecule has 0 bridgehead atoms. The number of rotatable bonds is 5. The van der Waals surface area contributed by atoms with Crippen molar-refractivity contribution in [2.75, 3.05) is 5.32 Å². The lowest BCUT2D eigenvalue weighted by Crippen LogP contribution is -2.09. The topological polar surface area (TPSA) is 66.5 Å². The number of fused-ring (bicyclic) bond motifs is 1. The molecule has 3 aromatic heterocycles. The molecule has 0 unspecified atom stereocenters. The Morgan fingerprint density at radius 2 is 2.08 bits per heavy atom. The Morgan fingerprint density at radius 1 is 1.23 bits per heavy atom. The van der Waals surface area contributed by atoms with Crippen molar-refractivity contribution in [2.45, 2.75) is 67.7 Å². The highest BCUT2D eigenvalue weighted by molar-refractivity contribution is 7.99. The van der Waals surface area contributed by atoms with Gasteiger partial charge in [0.15, 0.2) is 16.8 Å². The standard InChI is InChI=1S/C19H23N5S2/c1-19(8-9-19)14-11-15(24-23-14)21-17-16-13(7-10-25-16)20-18(22-17)26-12-5-3-2-4-6-12/h7,10-12H,2-6,8-9H2,1H3,(H2,20,21,22,23,24). The summed E-state index contributed by atoms with van der Waals surface area (Å²) in [5, 5.41) is 14.7. The zero-order chi connectivity index (χ0) is 17.6. The molecule has 0 aliphatic heterocycles. The molecule has 136 valence electrons. The van der Waals surface area contributed by atoms with E-state index < -0.39 is 0 Å². The van der Waals surface area contributed by atoms with E-state index in [0.717, 1.165) is 27.0 Å². The highest BCUT2D eigenvalue weighted by atomic mass is 32.2. The summed E-state index contributed by atoms with van der Waals surface area (Å²) in [6.45, 7) is 2.28. The second kappa shape index (κ2) is 6.53. The number of anilines is 2. The second-order valence-corrected chi connectivity index (χ2v) is 9.90. The third kappa shape index (κ3) is 3.22. The highest BCUT2D eigenvalue weighted by Crippen LogP contribution is 2.47. The molecule has 2 aliphatic rings. The molecule has 7 heteroatoms. The van der Waals surface area contributed by atoms with Crippen LogP contribution < -0.4 is 5.32 Å². The maximum atomic E-state index is 4.85. The molecule has 2 aliphatic carbocycles. The molecule has 5 rings (SSSR count). The van der Waals surface area contributed by atoms with Crippen LogP contribution in [0, 0.1) is 0 Å². The normalized spacial score (nSPS) is 19.7. The average Bonchev–Trinajstić information content (AvgIpc) is 3.05. The lowest BCUT2D eigenvalue weighted by atomic mass is 10.0. The third-order valence-electron chi connectivity index (χ3n) is 5.58. The van der Waals surface area contributed by atoms with E-state index in [4.69, 9.17) is 9.97 Å². The molecule has 0 spiro atoms. The number of thioether (sulfide) groups is 1. The molecule has 26 heavy (non-hydrogen) atoms. The minimum atomic E-state index is 0.291. The molecular weight excluding hydrogens is 362 g/mol. The van der Waals surface area contributed by atoms with Crippen molar-refractivity contribution >= 4 is 45.0 Å². The van der Waals surface area contributed by atoms with Gasteiger partial charge in [-0.1, -0.05) is 37.9 Å². The van der Waals surface area contributed by atoms with Gasteiger partial charge < -0.3 is 5.32 Å². The average molecular weight is 386 g/mol. The minimum Gasteiger partial charge on any atom is -0.322 e. The zero-order valence-corrected chi connectivity index (χ0v) is 16.6. The van der Waals surface area contributed by atoms with Crippen molar-refractivity contribution in [3.63, 3.8) is 0 Å². The van der Waals surface area contributed by atoms with E-state index in [1.165, 1.54) is 50.6 Å². The van der Waals surface area contributed by atoms with Crippen LogP contribution in [0.2, 0.25) is 0 Å². The molecule has 5 nitrogen and oxygen atoms in total. The van der Waals surface area contributed by atoms with Gasteiger partial charge in [0.2, 0.25) is 0 Å². The van der Waals surface area contributed by atoms with Gasteiger partial charge in [-0.25, -0.2) is 9.97 Å². The van der Waals surface area contributed by atoms with Crippen LogP contribution >= 0.6 is 23.1 Å².